The molecule has 1 aliphatic heterocycles. The summed E-state index contributed by atoms with van der Waals surface area (Å²) in [6.45, 7) is 0.977. The zero-order chi connectivity index (χ0) is 19.5. The predicted molar refractivity (Wildman–Crippen MR) is 106 cm³/mol. The summed E-state index contributed by atoms with van der Waals surface area (Å²) in [5.74, 6) is 2.32. The summed E-state index contributed by atoms with van der Waals surface area (Å²) in [6, 6.07) is 10.6. The van der Waals surface area contributed by atoms with Crippen LogP contribution < -0.4 is 24.3 Å². The van der Waals surface area contributed by atoms with E-state index >= 15 is 0 Å². The Morgan fingerprint density at radius 1 is 1.07 bits per heavy atom. The fourth-order valence-corrected chi connectivity index (χ4v) is 3.53. The van der Waals surface area contributed by atoms with Crippen LogP contribution in [-0.2, 0) is 0 Å². The molecule has 0 saturated carbocycles. The summed E-state index contributed by atoms with van der Waals surface area (Å²) >= 11 is 1.33. The highest BCUT2D eigenvalue weighted by molar-refractivity contribution is 7.14. The number of carbonyl (C=O) groups excluding carboxylic acids is 1. The molecule has 4 rings (SSSR count). The van der Waals surface area contributed by atoms with E-state index in [2.05, 4.69) is 10.3 Å². The van der Waals surface area contributed by atoms with Crippen molar-refractivity contribution in [2.75, 3.05) is 32.8 Å². The summed E-state index contributed by atoms with van der Waals surface area (Å²) in [7, 11) is 3.20. The maximum atomic E-state index is 12.6. The first-order valence-electron chi connectivity index (χ1n) is 8.57. The molecule has 0 radical (unpaired) electrons. The van der Waals surface area contributed by atoms with E-state index in [1.165, 1.54) is 11.3 Å². The van der Waals surface area contributed by atoms with Crippen molar-refractivity contribution in [3.63, 3.8) is 0 Å². The molecule has 8 heteroatoms. The number of carbonyl (C=O) groups is 1. The second-order valence-corrected chi connectivity index (χ2v) is 6.77. The van der Waals surface area contributed by atoms with Gasteiger partial charge >= 0.3 is 0 Å². The fourth-order valence-electron chi connectivity index (χ4n) is 2.82. The summed E-state index contributed by atoms with van der Waals surface area (Å²) < 4.78 is 21.7. The van der Waals surface area contributed by atoms with Gasteiger partial charge in [0.2, 0.25) is 0 Å². The Kier molecular flexibility index (Phi) is 5.03. The van der Waals surface area contributed by atoms with Crippen molar-refractivity contribution in [1.82, 2.24) is 4.98 Å². The van der Waals surface area contributed by atoms with Crippen LogP contribution in [-0.4, -0.2) is 38.3 Å². The van der Waals surface area contributed by atoms with E-state index in [-0.39, 0.29) is 5.91 Å². The van der Waals surface area contributed by atoms with Crippen LogP contribution in [0.2, 0.25) is 0 Å². The number of nitrogens with one attached hydrogen (secondary N) is 1. The van der Waals surface area contributed by atoms with Crippen molar-refractivity contribution >= 4 is 22.4 Å². The van der Waals surface area contributed by atoms with Crippen molar-refractivity contribution in [2.24, 2.45) is 0 Å². The fraction of sp³-hybridized carbons (Fsp3) is 0.200. The quantitative estimate of drug-likeness (QED) is 0.703. The molecule has 0 atom stereocenters. The van der Waals surface area contributed by atoms with Gasteiger partial charge in [0.1, 0.15) is 24.7 Å². The second kappa shape index (κ2) is 7.77. The van der Waals surface area contributed by atoms with Crippen LogP contribution in [0.5, 0.6) is 23.0 Å². The van der Waals surface area contributed by atoms with Crippen LogP contribution in [0.3, 0.4) is 0 Å². The van der Waals surface area contributed by atoms with E-state index in [0.717, 1.165) is 5.56 Å². The van der Waals surface area contributed by atoms with Gasteiger partial charge in [-0.1, -0.05) is 0 Å². The monoisotopic (exact) mass is 398 g/mol. The Hall–Kier alpha value is -3.26. The molecule has 0 saturated heterocycles. The van der Waals surface area contributed by atoms with Gasteiger partial charge in [0, 0.05) is 16.5 Å². The predicted octanol–water partition coefficient (Wildman–Crippen LogP) is 3.85. The van der Waals surface area contributed by atoms with Crippen LogP contribution in [0.4, 0.5) is 5.13 Å². The van der Waals surface area contributed by atoms with Crippen molar-refractivity contribution < 1.29 is 23.7 Å². The molecule has 0 aliphatic carbocycles. The summed E-state index contributed by atoms with van der Waals surface area (Å²) in [5, 5.41) is 5.17. The first-order valence-corrected chi connectivity index (χ1v) is 9.45. The van der Waals surface area contributed by atoms with Crippen LogP contribution in [0.15, 0.2) is 41.8 Å². The van der Waals surface area contributed by atoms with Gasteiger partial charge < -0.3 is 18.9 Å². The van der Waals surface area contributed by atoms with Crippen LogP contribution in [0.25, 0.3) is 11.3 Å². The summed E-state index contributed by atoms with van der Waals surface area (Å²) in [6.07, 6.45) is 0. The summed E-state index contributed by atoms with van der Waals surface area (Å²) in [5.41, 5.74) is 1.95. The average molecular weight is 398 g/mol. The van der Waals surface area contributed by atoms with E-state index < -0.39 is 0 Å². The number of hydrogen-bond acceptors (Lipinski definition) is 7. The number of nitrogens with zero attached hydrogens (tertiary/aromatic N) is 1. The third-order valence-corrected chi connectivity index (χ3v) is 4.97. The molecule has 3 aromatic rings. The normalized spacial score (nSPS) is 12.4. The molecule has 28 heavy (non-hydrogen) atoms. The molecular weight excluding hydrogens is 380 g/mol. The van der Waals surface area contributed by atoms with Crippen LogP contribution in [0, 0.1) is 0 Å². The van der Waals surface area contributed by atoms with Gasteiger partial charge in [0.15, 0.2) is 16.6 Å². The standard InChI is InChI=1S/C20H18N2O5S/c1-24-13-4-6-16(25-2)14(10-13)15-11-28-20(21-15)22-19(23)12-3-5-17-18(9-12)27-8-7-26-17/h3-6,9-11H,7-8H2,1-2H3,(H,21,22,23). The van der Waals surface area contributed by atoms with E-state index in [9.17, 15) is 4.79 Å². The maximum absolute atomic E-state index is 12.6. The maximum Gasteiger partial charge on any atom is 0.257 e. The van der Waals surface area contributed by atoms with Crippen LogP contribution in [0.1, 0.15) is 10.4 Å². The molecule has 1 aromatic heterocycles. The topological polar surface area (TPSA) is 78.9 Å². The zero-order valence-electron chi connectivity index (χ0n) is 15.4. The summed E-state index contributed by atoms with van der Waals surface area (Å²) in [4.78, 5) is 17.1. The third kappa shape index (κ3) is 3.59. The van der Waals surface area contributed by atoms with Crippen molar-refractivity contribution in [1.29, 1.82) is 0 Å². The average Bonchev–Trinajstić information content (AvgIpc) is 3.21. The Bertz CT molecular complexity index is 1020. The number of benzene rings is 2. The molecule has 1 aliphatic rings. The highest BCUT2D eigenvalue weighted by Crippen LogP contribution is 2.35. The Labute approximate surface area is 165 Å². The lowest BCUT2D eigenvalue weighted by Gasteiger charge is -2.18. The molecule has 2 aromatic carbocycles. The van der Waals surface area contributed by atoms with Gasteiger partial charge in [0.05, 0.1) is 19.9 Å². The lowest BCUT2D eigenvalue weighted by Crippen LogP contribution is -2.17. The van der Waals surface area contributed by atoms with Gasteiger partial charge in [0.25, 0.3) is 5.91 Å². The smallest absolute Gasteiger partial charge is 0.257 e. The number of rotatable bonds is 5. The lowest BCUT2D eigenvalue weighted by atomic mass is 10.1. The number of ether oxygens (including phenoxy) is 4. The Balaban J connectivity index is 1.55. The molecule has 1 N–H and O–H groups in total. The minimum Gasteiger partial charge on any atom is -0.497 e. The molecular formula is C20H18N2O5S. The highest BCUT2D eigenvalue weighted by Gasteiger charge is 2.17. The van der Waals surface area contributed by atoms with Gasteiger partial charge in [-0.2, -0.15) is 0 Å². The molecule has 1 amide bonds. The SMILES string of the molecule is COc1ccc(OC)c(-c2csc(NC(=O)c3ccc4c(c3)OCCO4)n2)c1. The van der Waals surface area contributed by atoms with E-state index in [1.54, 1.807) is 32.4 Å². The minimum absolute atomic E-state index is 0.268. The molecule has 0 bridgehead atoms. The molecule has 7 nitrogen and oxygen atoms in total. The van der Waals surface area contributed by atoms with Crippen molar-refractivity contribution in [3.8, 4) is 34.3 Å². The number of thiazole rings is 1. The minimum atomic E-state index is -0.268. The Morgan fingerprint density at radius 2 is 1.89 bits per heavy atom. The number of hydrogen-bond donors (Lipinski definition) is 1. The molecule has 0 unspecified atom stereocenters. The van der Waals surface area contributed by atoms with E-state index in [1.807, 2.05) is 23.6 Å². The molecule has 0 fully saturated rings. The van der Waals surface area contributed by atoms with Gasteiger partial charge in [-0.05, 0) is 36.4 Å². The number of methoxy groups -OCH3 is 2. The molecule has 2 heterocycles. The first kappa shape index (κ1) is 18.1. The van der Waals surface area contributed by atoms with Gasteiger partial charge in [-0.25, -0.2) is 4.98 Å². The van der Waals surface area contributed by atoms with Gasteiger partial charge in [-0.15, -0.1) is 11.3 Å². The number of amides is 1. The molecule has 144 valence electrons. The number of fused-ring (bicyclic) bond motifs is 1. The number of aromatic nitrogens is 1. The van der Waals surface area contributed by atoms with E-state index in [4.69, 9.17) is 18.9 Å². The Morgan fingerprint density at radius 3 is 2.68 bits per heavy atom. The van der Waals surface area contributed by atoms with Crippen LogP contribution >= 0.6 is 11.3 Å². The zero-order valence-corrected chi connectivity index (χ0v) is 16.2. The second-order valence-electron chi connectivity index (χ2n) is 5.92. The van der Waals surface area contributed by atoms with Crippen molar-refractivity contribution in [3.05, 3.63) is 47.3 Å². The highest BCUT2D eigenvalue weighted by atomic mass is 32.1. The third-order valence-electron chi connectivity index (χ3n) is 4.21. The largest absolute Gasteiger partial charge is 0.497 e. The van der Waals surface area contributed by atoms with Gasteiger partial charge in [-0.3, -0.25) is 10.1 Å². The van der Waals surface area contributed by atoms with E-state index in [0.29, 0.717) is 52.6 Å². The number of anilines is 1. The molecule has 0 spiro atoms. The lowest BCUT2D eigenvalue weighted by molar-refractivity contribution is 0.102. The van der Waals surface area contributed by atoms with Crippen molar-refractivity contribution in [2.45, 2.75) is 0 Å². The first-order chi connectivity index (χ1) is 13.7.